The average molecular weight is 466 g/mol. The molecule has 2 N–H and O–H groups in total. The lowest BCUT2D eigenvalue weighted by atomic mass is 9.95. The van der Waals surface area contributed by atoms with Gasteiger partial charge in [-0.3, -0.25) is 14.5 Å². The van der Waals surface area contributed by atoms with Crippen molar-refractivity contribution in [3.63, 3.8) is 0 Å². The summed E-state index contributed by atoms with van der Waals surface area (Å²) in [6, 6.07) is 16.4. The number of phenolic OH excluding ortho intramolecular Hbond substituents is 1. The first-order valence-corrected chi connectivity index (χ1v) is 10.3. The summed E-state index contributed by atoms with van der Waals surface area (Å²) in [5.41, 5.74) is 1.10. The smallest absolute Gasteiger partial charge is 0.300 e. The van der Waals surface area contributed by atoms with Gasteiger partial charge in [0, 0.05) is 17.3 Å². The van der Waals surface area contributed by atoms with Gasteiger partial charge in [0.25, 0.3) is 11.7 Å². The van der Waals surface area contributed by atoms with Crippen molar-refractivity contribution in [1.29, 1.82) is 0 Å². The quantitative estimate of drug-likeness (QED) is 0.322. The van der Waals surface area contributed by atoms with E-state index in [0.717, 1.165) is 0 Å². The van der Waals surface area contributed by atoms with E-state index in [9.17, 15) is 19.8 Å². The van der Waals surface area contributed by atoms with E-state index in [1.165, 1.54) is 37.3 Å². The van der Waals surface area contributed by atoms with Crippen molar-refractivity contribution >= 4 is 34.7 Å². The Hall–Kier alpha value is -3.97. The first-order valence-electron chi connectivity index (χ1n) is 9.93. The van der Waals surface area contributed by atoms with Crippen LogP contribution in [-0.2, 0) is 9.59 Å². The van der Waals surface area contributed by atoms with Crippen molar-refractivity contribution in [3.8, 4) is 17.2 Å². The van der Waals surface area contributed by atoms with E-state index in [-0.39, 0.29) is 27.7 Å². The number of methoxy groups -OCH3 is 2. The van der Waals surface area contributed by atoms with E-state index in [4.69, 9.17) is 21.1 Å². The third-order valence-corrected chi connectivity index (χ3v) is 5.71. The van der Waals surface area contributed by atoms with Crippen molar-refractivity contribution in [3.05, 3.63) is 88.5 Å². The Labute approximate surface area is 195 Å². The van der Waals surface area contributed by atoms with Crippen LogP contribution in [0.5, 0.6) is 17.2 Å². The van der Waals surface area contributed by atoms with Crippen molar-refractivity contribution in [2.75, 3.05) is 19.1 Å². The summed E-state index contributed by atoms with van der Waals surface area (Å²) in [6.45, 7) is 0. The molecular formula is C25H20ClNO6. The second-order valence-corrected chi connectivity index (χ2v) is 7.72. The van der Waals surface area contributed by atoms with Crippen molar-refractivity contribution in [1.82, 2.24) is 0 Å². The molecule has 1 aliphatic rings. The van der Waals surface area contributed by atoms with Crippen LogP contribution in [0.2, 0.25) is 5.02 Å². The number of rotatable bonds is 5. The lowest BCUT2D eigenvalue weighted by Crippen LogP contribution is -2.29. The standard InChI is InChI=1S/C25H20ClNO6/c1-32-18-5-3-4-16(13-18)27-22(14-6-9-17(28)10-7-14)21(24(30)25(27)31)23(29)15-8-11-20(33-2)19(26)12-15/h3-13,22,28-29H,1-2H3/b23-21+. The number of hydrogen-bond acceptors (Lipinski definition) is 6. The molecular weight excluding hydrogens is 446 g/mol. The van der Waals surface area contributed by atoms with Gasteiger partial charge in [0.15, 0.2) is 0 Å². The minimum Gasteiger partial charge on any atom is -0.508 e. The van der Waals surface area contributed by atoms with Crippen LogP contribution in [0.1, 0.15) is 17.2 Å². The molecule has 3 aromatic rings. The summed E-state index contributed by atoms with van der Waals surface area (Å²) in [7, 11) is 2.96. The number of hydrogen-bond donors (Lipinski definition) is 2. The van der Waals surface area contributed by atoms with Gasteiger partial charge < -0.3 is 19.7 Å². The first-order chi connectivity index (χ1) is 15.8. The summed E-state index contributed by atoms with van der Waals surface area (Å²) >= 11 is 6.21. The van der Waals surface area contributed by atoms with Crippen molar-refractivity contribution in [2.24, 2.45) is 0 Å². The molecule has 1 saturated heterocycles. The molecule has 8 heteroatoms. The van der Waals surface area contributed by atoms with E-state index in [1.807, 2.05) is 0 Å². The zero-order valence-electron chi connectivity index (χ0n) is 17.8. The Morgan fingerprint density at radius 1 is 0.970 bits per heavy atom. The maximum Gasteiger partial charge on any atom is 0.300 e. The van der Waals surface area contributed by atoms with E-state index in [0.29, 0.717) is 22.7 Å². The number of phenols is 1. The predicted octanol–water partition coefficient (Wildman–Crippen LogP) is 4.69. The van der Waals surface area contributed by atoms with Crippen molar-refractivity contribution in [2.45, 2.75) is 6.04 Å². The molecule has 0 aromatic heterocycles. The highest BCUT2D eigenvalue weighted by Gasteiger charge is 2.47. The normalized spacial score (nSPS) is 17.3. The molecule has 1 atom stereocenters. The number of ketones is 1. The molecule has 1 heterocycles. The highest BCUT2D eigenvalue weighted by atomic mass is 35.5. The molecule has 33 heavy (non-hydrogen) atoms. The Kier molecular flexibility index (Phi) is 5.98. The Bertz CT molecular complexity index is 1270. The van der Waals surface area contributed by atoms with Gasteiger partial charge in [-0.2, -0.15) is 0 Å². The zero-order valence-corrected chi connectivity index (χ0v) is 18.5. The van der Waals surface area contributed by atoms with Crippen LogP contribution in [0.25, 0.3) is 5.76 Å². The summed E-state index contributed by atoms with van der Waals surface area (Å²) in [5.74, 6) is -1.09. The van der Waals surface area contributed by atoms with Gasteiger partial charge in [-0.05, 0) is 48.0 Å². The number of anilines is 1. The molecule has 4 rings (SSSR count). The number of carbonyl (C=O) groups is 2. The van der Waals surface area contributed by atoms with Gasteiger partial charge in [-0.25, -0.2) is 0 Å². The van der Waals surface area contributed by atoms with Crippen molar-refractivity contribution < 1.29 is 29.3 Å². The fourth-order valence-electron chi connectivity index (χ4n) is 3.80. The summed E-state index contributed by atoms with van der Waals surface area (Å²) in [6.07, 6.45) is 0. The van der Waals surface area contributed by atoms with Gasteiger partial charge in [0.1, 0.15) is 23.0 Å². The van der Waals surface area contributed by atoms with E-state index in [1.54, 1.807) is 48.5 Å². The van der Waals surface area contributed by atoms with Crippen LogP contribution >= 0.6 is 11.6 Å². The molecule has 1 unspecified atom stereocenters. The van der Waals surface area contributed by atoms with Crippen LogP contribution in [0.3, 0.4) is 0 Å². The number of ether oxygens (including phenoxy) is 2. The predicted molar refractivity (Wildman–Crippen MR) is 124 cm³/mol. The van der Waals surface area contributed by atoms with Crippen LogP contribution in [-0.4, -0.2) is 36.1 Å². The number of halogens is 1. The number of aliphatic hydroxyl groups is 1. The Morgan fingerprint density at radius 3 is 2.33 bits per heavy atom. The molecule has 1 fully saturated rings. The molecule has 7 nitrogen and oxygen atoms in total. The maximum absolute atomic E-state index is 13.2. The average Bonchev–Trinajstić information content (AvgIpc) is 3.09. The van der Waals surface area contributed by atoms with Gasteiger partial charge in [0.05, 0.1) is 30.9 Å². The monoisotopic (exact) mass is 465 g/mol. The second-order valence-electron chi connectivity index (χ2n) is 7.31. The fourth-order valence-corrected chi connectivity index (χ4v) is 4.06. The van der Waals surface area contributed by atoms with Crippen LogP contribution in [0.15, 0.2) is 72.3 Å². The van der Waals surface area contributed by atoms with Gasteiger partial charge in [0.2, 0.25) is 0 Å². The van der Waals surface area contributed by atoms with Crippen LogP contribution in [0, 0.1) is 0 Å². The third-order valence-electron chi connectivity index (χ3n) is 5.41. The number of amides is 1. The number of Topliss-reactive ketones (excluding diaryl/α,β-unsaturated/α-hetero) is 1. The third kappa shape index (κ3) is 3.99. The molecule has 0 spiro atoms. The lowest BCUT2D eigenvalue weighted by Gasteiger charge is -2.25. The molecule has 0 radical (unpaired) electrons. The Morgan fingerprint density at radius 2 is 1.70 bits per heavy atom. The molecule has 1 aliphatic heterocycles. The topological polar surface area (TPSA) is 96.3 Å². The summed E-state index contributed by atoms with van der Waals surface area (Å²) in [5, 5.41) is 21.1. The number of aliphatic hydroxyl groups excluding tert-OH is 1. The SMILES string of the molecule is COc1cccc(N2C(=O)C(=O)/C(=C(/O)c3ccc(OC)c(Cl)c3)C2c2ccc(O)cc2)c1. The highest BCUT2D eigenvalue weighted by molar-refractivity contribution is 6.51. The number of aromatic hydroxyl groups is 1. The second kappa shape index (κ2) is 8.88. The number of benzene rings is 3. The van der Waals surface area contributed by atoms with Crippen LogP contribution < -0.4 is 14.4 Å². The highest BCUT2D eigenvalue weighted by Crippen LogP contribution is 2.43. The Balaban J connectivity index is 1.93. The lowest BCUT2D eigenvalue weighted by molar-refractivity contribution is -0.132. The summed E-state index contributed by atoms with van der Waals surface area (Å²) < 4.78 is 10.4. The van der Waals surface area contributed by atoms with E-state index in [2.05, 4.69) is 0 Å². The molecule has 0 saturated carbocycles. The van der Waals surface area contributed by atoms with E-state index >= 15 is 0 Å². The number of nitrogens with zero attached hydrogens (tertiary/aromatic N) is 1. The minimum absolute atomic E-state index is 0.0269. The first kappa shape index (κ1) is 22.2. The molecule has 3 aromatic carbocycles. The van der Waals surface area contributed by atoms with E-state index < -0.39 is 17.7 Å². The maximum atomic E-state index is 13.2. The largest absolute Gasteiger partial charge is 0.508 e. The fraction of sp³-hybridized carbons (Fsp3) is 0.120. The van der Waals surface area contributed by atoms with Gasteiger partial charge in [-0.1, -0.05) is 29.8 Å². The molecule has 0 bridgehead atoms. The van der Waals surface area contributed by atoms with Crippen LogP contribution in [0.4, 0.5) is 5.69 Å². The molecule has 1 amide bonds. The molecule has 0 aliphatic carbocycles. The zero-order chi connectivity index (χ0) is 23.7. The number of carbonyl (C=O) groups excluding carboxylic acids is 2. The van der Waals surface area contributed by atoms with Gasteiger partial charge in [-0.15, -0.1) is 0 Å². The van der Waals surface area contributed by atoms with Gasteiger partial charge >= 0.3 is 0 Å². The molecule has 168 valence electrons. The minimum atomic E-state index is -0.946. The summed E-state index contributed by atoms with van der Waals surface area (Å²) in [4.78, 5) is 27.6.